The van der Waals surface area contributed by atoms with E-state index in [0.717, 1.165) is 0 Å². The third-order valence-corrected chi connectivity index (χ3v) is 5.75. The molecule has 0 radical (unpaired) electrons. The summed E-state index contributed by atoms with van der Waals surface area (Å²) in [6.07, 6.45) is -0.131. The summed E-state index contributed by atoms with van der Waals surface area (Å²) in [7, 11) is -3.39. The van der Waals surface area contributed by atoms with Gasteiger partial charge in [-0.3, -0.25) is 4.90 Å². The van der Waals surface area contributed by atoms with Gasteiger partial charge in [-0.1, -0.05) is 0 Å². The molecule has 2 aliphatic rings. The zero-order valence-corrected chi connectivity index (χ0v) is 13.0. The molecular weight excluding hydrogens is 282 g/mol. The van der Waals surface area contributed by atoms with Crippen molar-refractivity contribution in [2.24, 2.45) is 0 Å². The third kappa shape index (κ3) is 3.69. The van der Waals surface area contributed by atoms with Gasteiger partial charge in [0.1, 0.15) is 0 Å². The van der Waals surface area contributed by atoms with Gasteiger partial charge in [-0.25, -0.2) is 0 Å². The number of hydrogen-bond acceptors (Lipinski definition) is 5. The van der Waals surface area contributed by atoms with Crippen LogP contribution < -0.4 is 0 Å². The maximum atomic E-state index is 12.6. The first-order chi connectivity index (χ1) is 9.43. The largest absolute Gasteiger partial charge is 0.395 e. The number of β-amino-alcohol motifs (C(OH)–C–C–N with tert-alkyl or cyclic N) is 1. The van der Waals surface area contributed by atoms with Crippen molar-refractivity contribution in [2.75, 3.05) is 52.4 Å². The molecule has 2 heterocycles. The van der Waals surface area contributed by atoms with Gasteiger partial charge in [0.05, 0.1) is 18.8 Å². The van der Waals surface area contributed by atoms with Crippen LogP contribution in [-0.4, -0.2) is 91.7 Å². The standard InChI is InChI=1S/C12H25N3O4S/c1-11-9-15(10-12(2)19-11)20(17,18)14-5-3-13(4-6-14)7-8-16/h11-12,16H,3-10H2,1-2H3. The van der Waals surface area contributed by atoms with Crippen molar-refractivity contribution >= 4 is 10.2 Å². The summed E-state index contributed by atoms with van der Waals surface area (Å²) in [5.74, 6) is 0. The number of ether oxygens (including phenoxy) is 1. The fourth-order valence-corrected chi connectivity index (χ4v) is 4.56. The lowest BCUT2D eigenvalue weighted by Crippen LogP contribution is -2.57. The first kappa shape index (κ1) is 16.1. The molecule has 8 heteroatoms. The third-order valence-electron chi connectivity index (χ3n) is 3.79. The molecular formula is C12H25N3O4S. The van der Waals surface area contributed by atoms with Crippen LogP contribution in [0, 0.1) is 0 Å². The van der Waals surface area contributed by atoms with Gasteiger partial charge in [-0.15, -0.1) is 0 Å². The monoisotopic (exact) mass is 307 g/mol. The fraction of sp³-hybridized carbons (Fsp3) is 1.00. The maximum Gasteiger partial charge on any atom is 0.282 e. The summed E-state index contributed by atoms with van der Waals surface area (Å²) in [5.41, 5.74) is 0. The van der Waals surface area contributed by atoms with Crippen LogP contribution in [0.2, 0.25) is 0 Å². The first-order valence-electron chi connectivity index (χ1n) is 7.17. The van der Waals surface area contributed by atoms with Gasteiger partial charge in [0, 0.05) is 45.8 Å². The van der Waals surface area contributed by atoms with Gasteiger partial charge in [0.25, 0.3) is 10.2 Å². The molecule has 2 saturated heterocycles. The number of morpholine rings is 1. The molecule has 0 amide bonds. The molecule has 0 spiro atoms. The predicted molar refractivity (Wildman–Crippen MR) is 75.6 cm³/mol. The lowest BCUT2D eigenvalue weighted by molar-refractivity contribution is -0.0457. The highest BCUT2D eigenvalue weighted by Crippen LogP contribution is 2.18. The van der Waals surface area contributed by atoms with Gasteiger partial charge in [-0.05, 0) is 13.8 Å². The number of rotatable bonds is 4. The van der Waals surface area contributed by atoms with Gasteiger partial charge in [0.2, 0.25) is 0 Å². The van der Waals surface area contributed by atoms with E-state index < -0.39 is 10.2 Å². The number of piperazine rings is 1. The minimum Gasteiger partial charge on any atom is -0.395 e. The summed E-state index contributed by atoms with van der Waals surface area (Å²) in [6, 6.07) is 0. The minimum absolute atomic E-state index is 0.0656. The Morgan fingerprint density at radius 2 is 1.60 bits per heavy atom. The molecule has 20 heavy (non-hydrogen) atoms. The second-order valence-corrected chi connectivity index (χ2v) is 7.47. The molecule has 2 fully saturated rings. The van der Waals surface area contributed by atoms with Crippen LogP contribution in [0.15, 0.2) is 0 Å². The van der Waals surface area contributed by atoms with E-state index in [1.54, 1.807) is 4.31 Å². The summed E-state index contributed by atoms with van der Waals surface area (Å²) >= 11 is 0. The summed E-state index contributed by atoms with van der Waals surface area (Å²) in [4.78, 5) is 2.08. The maximum absolute atomic E-state index is 12.6. The Morgan fingerprint density at radius 1 is 1.05 bits per heavy atom. The Kier molecular flexibility index (Phi) is 5.38. The Hall–Kier alpha value is -0.250. The molecule has 0 saturated carbocycles. The van der Waals surface area contributed by atoms with Crippen LogP contribution >= 0.6 is 0 Å². The number of aliphatic hydroxyl groups is 1. The Labute approximate surface area is 121 Å². The highest BCUT2D eigenvalue weighted by atomic mass is 32.2. The molecule has 0 aromatic heterocycles. The highest BCUT2D eigenvalue weighted by molar-refractivity contribution is 7.86. The number of nitrogens with zero attached hydrogens (tertiary/aromatic N) is 3. The number of aliphatic hydroxyl groups excluding tert-OH is 1. The van der Waals surface area contributed by atoms with Crippen LogP contribution in [0.1, 0.15) is 13.8 Å². The van der Waals surface area contributed by atoms with Crippen LogP contribution in [0.3, 0.4) is 0 Å². The lowest BCUT2D eigenvalue weighted by atomic mass is 10.3. The van der Waals surface area contributed by atoms with Crippen LogP contribution in [0.25, 0.3) is 0 Å². The summed E-state index contributed by atoms with van der Waals surface area (Å²) < 4.78 is 33.9. The van der Waals surface area contributed by atoms with Crippen molar-refractivity contribution in [3.63, 3.8) is 0 Å². The zero-order valence-electron chi connectivity index (χ0n) is 12.2. The quantitative estimate of drug-likeness (QED) is 0.717. The van der Waals surface area contributed by atoms with Crippen LogP contribution in [0.5, 0.6) is 0 Å². The summed E-state index contributed by atoms with van der Waals surface area (Å²) in [5, 5.41) is 8.91. The first-order valence-corrected chi connectivity index (χ1v) is 8.57. The normalized spacial score (nSPS) is 31.6. The molecule has 2 rings (SSSR count). The van der Waals surface area contributed by atoms with E-state index in [1.807, 2.05) is 13.8 Å². The fourth-order valence-electron chi connectivity index (χ4n) is 2.81. The molecule has 0 aliphatic carbocycles. The average molecular weight is 307 g/mol. The molecule has 0 aromatic rings. The molecule has 1 N–H and O–H groups in total. The Balaban J connectivity index is 1.97. The summed E-state index contributed by atoms with van der Waals surface area (Å²) in [6.45, 7) is 7.70. The smallest absolute Gasteiger partial charge is 0.282 e. The molecule has 118 valence electrons. The van der Waals surface area contributed by atoms with Crippen molar-refractivity contribution in [2.45, 2.75) is 26.1 Å². The average Bonchev–Trinajstić information content (AvgIpc) is 2.38. The predicted octanol–water partition coefficient (Wildman–Crippen LogP) is -1.05. The van der Waals surface area contributed by atoms with Crippen LogP contribution in [-0.2, 0) is 14.9 Å². The van der Waals surface area contributed by atoms with Crippen molar-refractivity contribution in [3.05, 3.63) is 0 Å². The van der Waals surface area contributed by atoms with Gasteiger partial charge >= 0.3 is 0 Å². The van der Waals surface area contributed by atoms with E-state index >= 15 is 0 Å². The van der Waals surface area contributed by atoms with E-state index in [4.69, 9.17) is 9.84 Å². The van der Waals surface area contributed by atoms with Gasteiger partial charge in [0.15, 0.2) is 0 Å². The SMILES string of the molecule is CC1CN(S(=O)(=O)N2CCN(CCO)CC2)CC(C)O1. The Morgan fingerprint density at radius 3 is 2.10 bits per heavy atom. The zero-order chi connectivity index (χ0) is 14.8. The topological polar surface area (TPSA) is 73.3 Å². The van der Waals surface area contributed by atoms with Crippen molar-refractivity contribution < 1.29 is 18.3 Å². The Bertz CT molecular complexity index is 399. The van der Waals surface area contributed by atoms with E-state index in [-0.39, 0.29) is 18.8 Å². The van der Waals surface area contributed by atoms with Gasteiger partial charge in [-0.2, -0.15) is 17.0 Å². The molecule has 7 nitrogen and oxygen atoms in total. The second-order valence-electron chi connectivity index (χ2n) is 5.55. The molecule has 2 aliphatic heterocycles. The molecule has 2 unspecified atom stereocenters. The van der Waals surface area contributed by atoms with E-state index in [0.29, 0.717) is 45.8 Å². The van der Waals surface area contributed by atoms with E-state index in [1.165, 1.54) is 4.31 Å². The molecule has 0 aromatic carbocycles. The lowest BCUT2D eigenvalue weighted by Gasteiger charge is -2.40. The minimum atomic E-state index is -3.39. The highest BCUT2D eigenvalue weighted by Gasteiger charge is 2.36. The van der Waals surface area contributed by atoms with Crippen molar-refractivity contribution in [1.82, 2.24) is 13.5 Å². The van der Waals surface area contributed by atoms with Crippen molar-refractivity contribution in [3.8, 4) is 0 Å². The van der Waals surface area contributed by atoms with E-state index in [9.17, 15) is 8.42 Å². The molecule has 0 bridgehead atoms. The van der Waals surface area contributed by atoms with E-state index in [2.05, 4.69) is 4.90 Å². The van der Waals surface area contributed by atoms with Crippen LogP contribution in [0.4, 0.5) is 0 Å². The molecule has 2 atom stereocenters. The van der Waals surface area contributed by atoms with Crippen molar-refractivity contribution in [1.29, 1.82) is 0 Å². The second kappa shape index (κ2) is 6.67. The number of hydrogen-bond donors (Lipinski definition) is 1. The van der Waals surface area contributed by atoms with Gasteiger partial charge < -0.3 is 9.84 Å².